The first kappa shape index (κ1) is 14.7. The molecule has 2 aliphatic rings. The van der Waals surface area contributed by atoms with Crippen molar-refractivity contribution >= 4 is 17.5 Å². The van der Waals surface area contributed by atoms with Crippen LogP contribution in [0.15, 0.2) is 48.7 Å². The van der Waals surface area contributed by atoms with Crippen LogP contribution in [0.4, 0.5) is 0 Å². The molecule has 2 aliphatic carbocycles. The van der Waals surface area contributed by atoms with E-state index in [2.05, 4.69) is 10.3 Å². The molecule has 1 aromatic heterocycles. The number of nitrogens with one attached hydrogen (secondary N) is 1. The van der Waals surface area contributed by atoms with Gasteiger partial charge in [0.25, 0.3) is 0 Å². The molecule has 1 heterocycles. The van der Waals surface area contributed by atoms with Crippen LogP contribution in [0.2, 0.25) is 5.02 Å². The third-order valence-corrected chi connectivity index (χ3v) is 5.40. The van der Waals surface area contributed by atoms with Crippen LogP contribution in [0.25, 0.3) is 0 Å². The molecule has 4 heteroatoms. The van der Waals surface area contributed by atoms with Gasteiger partial charge >= 0.3 is 0 Å². The number of hydrogen-bond donors (Lipinski definition) is 1. The fourth-order valence-corrected chi connectivity index (χ4v) is 4.21. The van der Waals surface area contributed by atoms with E-state index >= 15 is 0 Å². The largest absolute Gasteiger partial charge is 0.343 e. The number of amides is 1. The first-order chi connectivity index (χ1) is 11.2. The summed E-state index contributed by atoms with van der Waals surface area (Å²) in [5.41, 5.74) is 1.81. The lowest BCUT2D eigenvalue weighted by Gasteiger charge is -2.19. The molecule has 0 bridgehead atoms. The third kappa shape index (κ3) is 2.86. The molecule has 0 saturated heterocycles. The van der Waals surface area contributed by atoms with Gasteiger partial charge in [0.05, 0.1) is 11.7 Å². The number of halogens is 1. The van der Waals surface area contributed by atoms with E-state index in [9.17, 15) is 4.79 Å². The highest BCUT2D eigenvalue weighted by Gasteiger charge is 2.56. The summed E-state index contributed by atoms with van der Waals surface area (Å²) in [5, 5.41) is 3.87. The van der Waals surface area contributed by atoms with Crippen LogP contribution in [-0.2, 0) is 4.79 Å². The van der Waals surface area contributed by atoms with Gasteiger partial charge < -0.3 is 5.32 Å². The van der Waals surface area contributed by atoms with Gasteiger partial charge in [-0.2, -0.15) is 0 Å². The minimum absolute atomic E-state index is 0.162. The summed E-state index contributed by atoms with van der Waals surface area (Å²) in [6.07, 6.45) is 5.43. The van der Waals surface area contributed by atoms with E-state index in [1.807, 2.05) is 42.5 Å². The summed E-state index contributed by atoms with van der Waals surface area (Å²) in [6, 6.07) is 13.2. The highest BCUT2D eigenvalue weighted by molar-refractivity contribution is 6.30. The first-order valence-corrected chi connectivity index (χ1v) is 8.58. The van der Waals surface area contributed by atoms with Crippen molar-refractivity contribution in [2.75, 3.05) is 0 Å². The molecule has 3 nitrogen and oxygen atoms in total. The summed E-state index contributed by atoms with van der Waals surface area (Å²) in [7, 11) is 0. The van der Waals surface area contributed by atoms with Crippen molar-refractivity contribution in [3.63, 3.8) is 0 Å². The normalized spacial score (nSPS) is 26.4. The van der Waals surface area contributed by atoms with E-state index in [1.165, 1.54) is 19.3 Å². The molecule has 23 heavy (non-hydrogen) atoms. The fourth-order valence-electron chi connectivity index (χ4n) is 4.01. The Bertz CT molecular complexity index is 708. The van der Waals surface area contributed by atoms with E-state index in [0.717, 1.165) is 11.3 Å². The summed E-state index contributed by atoms with van der Waals surface area (Å²) in [5.74, 6) is 1.59. The summed E-state index contributed by atoms with van der Waals surface area (Å²) >= 11 is 6.13. The number of benzene rings is 1. The van der Waals surface area contributed by atoms with Crippen molar-refractivity contribution in [2.24, 2.45) is 17.8 Å². The predicted molar refractivity (Wildman–Crippen MR) is 90.0 cm³/mol. The van der Waals surface area contributed by atoms with Crippen LogP contribution in [0.1, 0.15) is 36.6 Å². The topological polar surface area (TPSA) is 42.0 Å². The summed E-state index contributed by atoms with van der Waals surface area (Å²) < 4.78 is 0. The molecular weight excluding hydrogens is 308 g/mol. The second-order valence-corrected chi connectivity index (χ2v) is 6.97. The van der Waals surface area contributed by atoms with Crippen molar-refractivity contribution in [2.45, 2.75) is 25.3 Å². The van der Waals surface area contributed by atoms with Gasteiger partial charge in [-0.3, -0.25) is 9.78 Å². The Morgan fingerprint density at radius 2 is 2.00 bits per heavy atom. The van der Waals surface area contributed by atoms with Crippen molar-refractivity contribution in [1.82, 2.24) is 10.3 Å². The lowest BCUT2D eigenvalue weighted by molar-refractivity contribution is -0.123. The Hall–Kier alpha value is -1.87. The van der Waals surface area contributed by atoms with Crippen molar-refractivity contribution < 1.29 is 4.79 Å². The molecule has 0 aliphatic heterocycles. The molecular formula is C19H19ClN2O. The quantitative estimate of drug-likeness (QED) is 0.923. The molecule has 4 atom stereocenters. The number of rotatable bonds is 4. The second-order valence-electron chi connectivity index (χ2n) is 6.54. The zero-order chi connectivity index (χ0) is 15.8. The zero-order valence-electron chi connectivity index (χ0n) is 12.8. The third-order valence-electron chi connectivity index (χ3n) is 5.16. The maximum Gasteiger partial charge on any atom is 0.224 e. The number of nitrogens with zero attached hydrogens (tertiary/aromatic N) is 1. The summed E-state index contributed by atoms with van der Waals surface area (Å²) in [4.78, 5) is 17.1. The van der Waals surface area contributed by atoms with Crippen LogP contribution in [0, 0.1) is 17.8 Å². The van der Waals surface area contributed by atoms with E-state index < -0.39 is 0 Å². The molecule has 2 aromatic rings. The number of carbonyl (C=O) groups is 1. The van der Waals surface area contributed by atoms with E-state index in [-0.39, 0.29) is 17.9 Å². The Balaban J connectivity index is 1.59. The highest BCUT2D eigenvalue weighted by Crippen LogP contribution is 2.57. The highest BCUT2D eigenvalue weighted by atomic mass is 35.5. The van der Waals surface area contributed by atoms with Gasteiger partial charge in [0, 0.05) is 17.1 Å². The zero-order valence-corrected chi connectivity index (χ0v) is 13.5. The van der Waals surface area contributed by atoms with E-state index in [0.29, 0.717) is 16.9 Å². The molecule has 0 radical (unpaired) electrons. The standard InChI is InChI=1S/C19H19ClN2O/c20-13-6-3-5-12(11-13)18(16-9-1-2-10-21-16)22-19(23)17-14-7-4-8-15(14)17/h1-3,5-6,9-11,14-15,17-18H,4,7-8H2,(H,22,23)/t14-,15+,17?,18-/m1/s1. The molecule has 1 unspecified atom stereocenters. The smallest absolute Gasteiger partial charge is 0.224 e. The van der Waals surface area contributed by atoms with Crippen LogP contribution in [0.5, 0.6) is 0 Å². The lowest BCUT2D eigenvalue weighted by atomic mass is 10.0. The molecule has 4 rings (SSSR count). The molecule has 118 valence electrons. The van der Waals surface area contributed by atoms with Gasteiger partial charge in [0.1, 0.15) is 0 Å². The number of aromatic nitrogens is 1. The van der Waals surface area contributed by atoms with Gasteiger partial charge in [0.2, 0.25) is 5.91 Å². The van der Waals surface area contributed by atoms with E-state index in [1.54, 1.807) is 6.20 Å². The van der Waals surface area contributed by atoms with Crippen molar-refractivity contribution in [1.29, 1.82) is 0 Å². The minimum atomic E-state index is -0.247. The van der Waals surface area contributed by atoms with Crippen LogP contribution >= 0.6 is 11.6 Å². The molecule has 1 aromatic carbocycles. The van der Waals surface area contributed by atoms with Crippen LogP contribution in [0.3, 0.4) is 0 Å². The Labute approximate surface area is 141 Å². The monoisotopic (exact) mass is 326 g/mol. The van der Waals surface area contributed by atoms with Gasteiger partial charge in [-0.25, -0.2) is 0 Å². The summed E-state index contributed by atoms with van der Waals surface area (Å²) in [6.45, 7) is 0. The maximum absolute atomic E-state index is 12.7. The number of pyridine rings is 1. The lowest BCUT2D eigenvalue weighted by Crippen LogP contribution is -2.32. The molecule has 2 saturated carbocycles. The predicted octanol–water partition coefficient (Wildman–Crippen LogP) is 3.99. The van der Waals surface area contributed by atoms with Crippen molar-refractivity contribution in [3.8, 4) is 0 Å². The van der Waals surface area contributed by atoms with Crippen LogP contribution < -0.4 is 5.32 Å². The fraction of sp³-hybridized carbons (Fsp3) is 0.368. The number of hydrogen-bond acceptors (Lipinski definition) is 2. The Morgan fingerprint density at radius 3 is 2.70 bits per heavy atom. The van der Waals surface area contributed by atoms with Gasteiger partial charge in [-0.15, -0.1) is 0 Å². The van der Waals surface area contributed by atoms with E-state index in [4.69, 9.17) is 11.6 Å². The molecule has 1 amide bonds. The SMILES string of the molecule is O=C(N[C@H](c1cccc(Cl)c1)c1ccccn1)C1[C@H]2CCC[C@@H]12. The number of carbonyl (C=O) groups excluding carboxylic acids is 1. The van der Waals surface area contributed by atoms with Crippen molar-refractivity contribution in [3.05, 3.63) is 64.9 Å². The van der Waals surface area contributed by atoms with Crippen LogP contribution in [-0.4, -0.2) is 10.9 Å². The molecule has 0 spiro atoms. The molecule has 1 N–H and O–H groups in total. The maximum atomic E-state index is 12.7. The van der Waals surface area contributed by atoms with Gasteiger partial charge in [-0.1, -0.05) is 36.2 Å². The van der Waals surface area contributed by atoms with Gasteiger partial charge in [-0.05, 0) is 54.5 Å². The second kappa shape index (κ2) is 5.97. The minimum Gasteiger partial charge on any atom is -0.343 e. The first-order valence-electron chi connectivity index (χ1n) is 8.21. The average molecular weight is 327 g/mol. The number of fused-ring (bicyclic) bond motifs is 1. The Morgan fingerprint density at radius 1 is 1.17 bits per heavy atom. The average Bonchev–Trinajstić information content (AvgIpc) is 3.06. The Kier molecular flexibility index (Phi) is 3.82. The van der Waals surface area contributed by atoms with Gasteiger partial charge in [0.15, 0.2) is 0 Å². The molecule has 2 fully saturated rings.